The zero-order valence-electron chi connectivity index (χ0n) is 19.3. The van der Waals surface area contributed by atoms with Gasteiger partial charge in [-0.15, -0.1) is 0 Å². The Morgan fingerprint density at radius 2 is 1.72 bits per heavy atom. The van der Waals surface area contributed by atoms with Crippen LogP contribution < -0.4 is 0 Å². The second kappa shape index (κ2) is 12.6. The monoisotopic (exact) mass is 470 g/mol. The Balaban J connectivity index is 1.72. The second-order valence-corrected chi connectivity index (χ2v) is 10.0. The third kappa shape index (κ3) is 6.50. The van der Waals surface area contributed by atoms with E-state index in [9.17, 15) is 5.26 Å². The van der Waals surface area contributed by atoms with Crippen LogP contribution in [0.2, 0.25) is 10.0 Å². The second-order valence-electron chi connectivity index (χ2n) is 9.23. The van der Waals surface area contributed by atoms with Crippen molar-refractivity contribution in [2.24, 2.45) is 5.92 Å². The van der Waals surface area contributed by atoms with Gasteiger partial charge in [-0.2, -0.15) is 5.26 Å². The van der Waals surface area contributed by atoms with Crippen molar-refractivity contribution in [3.05, 3.63) is 69.7 Å². The number of hydrogen-bond acceptors (Lipinski definition) is 2. The lowest BCUT2D eigenvalue weighted by atomic mass is 9.63. The smallest absolute Gasteiger partial charge is 0.0851 e. The Kier molecular flexibility index (Phi) is 9.92. The molecule has 0 heterocycles. The van der Waals surface area contributed by atoms with Gasteiger partial charge in [-0.05, 0) is 80.8 Å². The van der Waals surface area contributed by atoms with Crippen LogP contribution in [0, 0.1) is 17.2 Å². The lowest BCUT2D eigenvalue weighted by Gasteiger charge is -2.38. The third-order valence-corrected chi connectivity index (χ3v) is 7.82. The minimum atomic E-state index is -0.480. The van der Waals surface area contributed by atoms with E-state index in [0.29, 0.717) is 16.0 Å². The van der Waals surface area contributed by atoms with E-state index in [0.717, 1.165) is 63.7 Å². The van der Waals surface area contributed by atoms with Crippen LogP contribution in [0.15, 0.2) is 48.5 Å². The molecule has 32 heavy (non-hydrogen) atoms. The van der Waals surface area contributed by atoms with E-state index in [1.165, 1.54) is 24.8 Å². The van der Waals surface area contributed by atoms with E-state index < -0.39 is 5.41 Å². The SMILES string of the molecule is CCCN(CCCC(C#N)(c1ccc(Cl)c(Cl)c1)C1CCCCC1)CCc1ccccc1. The average molecular weight is 472 g/mol. The van der Waals surface area contributed by atoms with Crippen molar-refractivity contribution in [1.82, 2.24) is 4.90 Å². The molecule has 0 N–H and O–H groups in total. The predicted octanol–water partition coefficient (Wildman–Crippen LogP) is 8.07. The molecule has 1 aliphatic carbocycles. The van der Waals surface area contributed by atoms with Gasteiger partial charge in [0.25, 0.3) is 0 Å². The molecule has 0 radical (unpaired) electrons. The molecule has 172 valence electrons. The molecule has 1 atom stereocenters. The molecule has 0 aliphatic heterocycles. The molecule has 0 saturated heterocycles. The minimum absolute atomic E-state index is 0.391. The first-order valence-electron chi connectivity index (χ1n) is 12.2. The maximum absolute atomic E-state index is 10.5. The van der Waals surface area contributed by atoms with Crippen molar-refractivity contribution >= 4 is 23.2 Å². The molecule has 2 aromatic rings. The fourth-order valence-electron chi connectivity index (χ4n) is 5.33. The molecule has 0 bridgehead atoms. The zero-order chi connectivity index (χ0) is 22.8. The molecule has 2 nitrogen and oxygen atoms in total. The van der Waals surface area contributed by atoms with Gasteiger partial charge in [0.2, 0.25) is 0 Å². The van der Waals surface area contributed by atoms with E-state index in [2.05, 4.69) is 48.2 Å². The fraction of sp³-hybridized carbons (Fsp3) is 0.536. The van der Waals surface area contributed by atoms with Crippen LogP contribution in [-0.4, -0.2) is 24.5 Å². The third-order valence-electron chi connectivity index (χ3n) is 7.08. The molecule has 4 heteroatoms. The number of halogens is 2. The van der Waals surface area contributed by atoms with Gasteiger partial charge in [0, 0.05) is 6.54 Å². The summed E-state index contributed by atoms with van der Waals surface area (Å²) in [6.07, 6.45) is 10.1. The number of rotatable bonds is 11. The fourth-order valence-corrected chi connectivity index (χ4v) is 5.63. The Labute approximate surface area is 204 Å². The van der Waals surface area contributed by atoms with Crippen molar-refractivity contribution in [2.45, 2.75) is 70.1 Å². The van der Waals surface area contributed by atoms with Crippen molar-refractivity contribution < 1.29 is 0 Å². The standard InChI is InChI=1S/C28H36Cl2N2/c1-2-18-32(20-16-23-10-5-3-6-11-23)19-9-17-28(22-31,24-12-7-4-8-13-24)25-14-15-26(29)27(30)21-25/h3,5-6,10-11,14-15,21,24H,2,4,7-9,12-13,16-20H2,1H3. The maximum atomic E-state index is 10.5. The van der Waals surface area contributed by atoms with Gasteiger partial charge in [0.05, 0.1) is 21.5 Å². The highest BCUT2D eigenvalue weighted by atomic mass is 35.5. The Morgan fingerprint density at radius 1 is 0.969 bits per heavy atom. The van der Waals surface area contributed by atoms with Gasteiger partial charge in [-0.3, -0.25) is 0 Å². The van der Waals surface area contributed by atoms with Crippen LogP contribution in [0.1, 0.15) is 69.4 Å². The van der Waals surface area contributed by atoms with E-state index in [1.807, 2.05) is 18.2 Å². The van der Waals surface area contributed by atoms with Crippen LogP contribution in [0.3, 0.4) is 0 Å². The van der Waals surface area contributed by atoms with Crippen LogP contribution in [-0.2, 0) is 11.8 Å². The van der Waals surface area contributed by atoms with Gasteiger partial charge in [0.15, 0.2) is 0 Å². The molecule has 0 aromatic heterocycles. The predicted molar refractivity (Wildman–Crippen MR) is 136 cm³/mol. The first-order valence-corrected chi connectivity index (χ1v) is 13.0. The Hall–Kier alpha value is -1.53. The molecule has 2 aromatic carbocycles. The van der Waals surface area contributed by atoms with Crippen molar-refractivity contribution in [3.8, 4) is 6.07 Å². The van der Waals surface area contributed by atoms with Crippen molar-refractivity contribution in [1.29, 1.82) is 5.26 Å². The molecule has 3 rings (SSSR count). The van der Waals surface area contributed by atoms with Gasteiger partial charge in [-0.1, -0.05) is 85.8 Å². The van der Waals surface area contributed by atoms with Crippen LogP contribution in [0.25, 0.3) is 0 Å². The topological polar surface area (TPSA) is 27.0 Å². The number of nitrogens with zero attached hydrogens (tertiary/aromatic N) is 2. The summed E-state index contributed by atoms with van der Waals surface area (Å²) in [5, 5.41) is 11.6. The summed E-state index contributed by atoms with van der Waals surface area (Å²) >= 11 is 12.6. The van der Waals surface area contributed by atoms with Gasteiger partial charge >= 0.3 is 0 Å². The highest BCUT2D eigenvalue weighted by molar-refractivity contribution is 6.42. The summed E-state index contributed by atoms with van der Waals surface area (Å²) in [7, 11) is 0. The van der Waals surface area contributed by atoms with Gasteiger partial charge in [0.1, 0.15) is 0 Å². The highest BCUT2D eigenvalue weighted by Crippen LogP contribution is 2.45. The summed E-state index contributed by atoms with van der Waals surface area (Å²) in [6, 6.07) is 19.3. The first-order chi connectivity index (χ1) is 15.6. The summed E-state index contributed by atoms with van der Waals surface area (Å²) in [5.41, 5.74) is 1.96. The molecule has 0 spiro atoms. The minimum Gasteiger partial charge on any atom is -0.303 e. The quantitative estimate of drug-likeness (QED) is 0.331. The highest BCUT2D eigenvalue weighted by Gasteiger charge is 2.41. The first kappa shape index (κ1) is 25.1. The maximum Gasteiger partial charge on any atom is 0.0851 e. The molecule has 1 unspecified atom stereocenters. The molecule has 1 aliphatic rings. The molecule has 1 saturated carbocycles. The lowest BCUT2D eigenvalue weighted by molar-refractivity contribution is 0.215. The van der Waals surface area contributed by atoms with Crippen LogP contribution in [0.5, 0.6) is 0 Å². The van der Waals surface area contributed by atoms with E-state index >= 15 is 0 Å². The van der Waals surface area contributed by atoms with Gasteiger partial charge < -0.3 is 4.90 Å². The Morgan fingerprint density at radius 3 is 2.38 bits per heavy atom. The van der Waals surface area contributed by atoms with Crippen LogP contribution in [0.4, 0.5) is 0 Å². The lowest BCUT2D eigenvalue weighted by Crippen LogP contribution is -2.37. The molecule has 1 fully saturated rings. The zero-order valence-corrected chi connectivity index (χ0v) is 20.8. The molecule has 0 amide bonds. The Bertz CT molecular complexity index is 871. The average Bonchev–Trinajstić information content (AvgIpc) is 2.83. The summed E-state index contributed by atoms with van der Waals surface area (Å²) in [6.45, 7) is 5.43. The number of nitriles is 1. The largest absolute Gasteiger partial charge is 0.303 e. The number of benzene rings is 2. The normalized spacial score (nSPS) is 16.6. The van der Waals surface area contributed by atoms with Gasteiger partial charge in [-0.25, -0.2) is 0 Å². The molecular formula is C28H36Cl2N2. The number of hydrogen-bond donors (Lipinski definition) is 0. The van der Waals surface area contributed by atoms with Crippen molar-refractivity contribution in [2.75, 3.05) is 19.6 Å². The van der Waals surface area contributed by atoms with E-state index in [-0.39, 0.29) is 0 Å². The summed E-state index contributed by atoms with van der Waals surface area (Å²) < 4.78 is 0. The summed E-state index contributed by atoms with van der Waals surface area (Å²) in [5.74, 6) is 0.391. The van der Waals surface area contributed by atoms with E-state index in [1.54, 1.807) is 0 Å². The van der Waals surface area contributed by atoms with Crippen LogP contribution >= 0.6 is 23.2 Å². The molecular weight excluding hydrogens is 435 g/mol. The summed E-state index contributed by atoms with van der Waals surface area (Å²) in [4.78, 5) is 2.56. The van der Waals surface area contributed by atoms with E-state index in [4.69, 9.17) is 23.2 Å². The van der Waals surface area contributed by atoms with Crippen molar-refractivity contribution in [3.63, 3.8) is 0 Å².